The average Bonchev–Trinajstić information content (AvgIpc) is 2.62. The number of hydrogen-bond donors (Lipinski definition) is 1. The minimum atomic E-state index is -0.500. The number of halogens is 1. The number of amides is 1. The number of carbonyl (C=O) groups excluding carboxylic acids is 2. The maximum atomic E-state index is 12.5. The summed E-state index contributed by atoms with van der Waals surface area (Å²) in [4.78, 5) is 24.3. The Morgan fingerprint density at radius 2 is 2.00 bits per heavy atom. The molecule has 0 spiro atoms. The molecular weight excluding hydrogens is 354 g/mol. The predicted octanol–water partition coefficient (Wildman–Crippen LogP) is 4.51. The fourth-order valence-corrected chi connectivity index (χ4v) is 2.66. The molecule has 136 valence electrons. The van der Waals surface area contributed by atoms with E-state index in [-0.39, 0.29) is 23.1 Å². The highest BCUT2D eigenvalue weighted by Crippen LogP contribution is 2.24. The van der Waals surface area contributed by atoms with Gasteiger partial charge < -0.3 is 14.8 Å². The Morgan fingerprint density at radius 1 is 1.23 bits per heavy atom. The molecule has 0 atom stereocenters. The molecule has 0 radical (unpaired) electrons. The van der Waals surface area contributed by atoms with Gasteiger partial charge in [0.25, 0.3) is 5.91 Å². The second kappa shape index (κ2) is 9.06. The standard InChI is InChI=1S/C20H20ClNO4/c1-4-6-13-11-14(7-10-18(13)25-3)19(23)22-15-8-9-16(17(21)12-15)20(24)26-5-2/h4,7-12H,1,5-6H2,2-3H3,(H,22,23). The molecule has 0 aliphatic heterocycles. The first-order valence-electron chi connectivity index (χ1n) is 8.06. The van der Waals surface area contributed by atoms with Crippen molar-refractivity contribution in [2.45, 2.75) is 13.3 Å². The van der Waals surface area contributed by atoms with Crippen molar-refractivity contribution in [3.8, 4) is 5.75 Å². The van der Waals surface area contributed by atoms with Crippen LogP contribution >= 0.6 is 11.6 Å². The third-order valence-electron chi connectivity index (χ3n) is 3.63. The summed E-state index contributed by atoms with van der Waals surface area (Å²) in [5, 5.41) is 2.97. The molecule has 1 amide bonds. The Bertz CT molecular complexity index is 833. The van der Waals surface area contributed by atoms with Crippen LogP contribution in [0.3, 0.4) is 0 Å². The van der Waals surface area contributed by atoms with Crippen LogP contribution in [0.15, 0.2) is 49.1 Å². The number of hydrogen-bond acceptors (Lipinski definition) is 4. The molecule has 2 rings (SSSR count). The van der Waals surface area contributed by atoms with Crippen LogP contribution in [0.1, 0.15) is 33.2 Å². The molecule has 2 aromatic rings. The van der Waals surface area contributed by atoms with E-state index in [1.165, 1.54) is 12.1 Å². The molecular formula is C20H20ClNO4. The predicted molar refractivity (Wildman–Crippen MR) is 102 cm³/mol. The number of ether oxygens (including phenoxy) is 2. The first-order chi connectivity index (χ1) is 12.5. The van der Waals surface area contributed by atoms with Gasteiger partial charge in [-0.05, 0) is 55.3 Å². The Balaban J connectivity index is 2.19. The molecule has 0 bridgehead atoms. The van der Waals surface area contributed by atoms with Crippen molar-refractivity contribution in [2.24, 2.45) is 0 Å². The summed E-state index contributed by atoms with van der Waals surface area (Å²) in [6.07, 6.45) is 2.33. The van der Waals surface area contributed by atoms with Crippen LogP contribution in [0.4, 0.5) is 5.69 Å². The van der Waals surface area contributed by atoms with Crippen molar-refractivity contribution in [3.05, 3.63) is 70.8 Å². The van der Waals surface area contributed by atoms with Gasteiger partial charge in [-0.25, -0.2) is 4.79 Å². The average molecular weight is 374 g/mol. The first-order valence-corrected chi connectivity index (χ1v) is 8.43. The van der Waals surface area contributed by atoms with Crippen LogP contribution < -0.4 is 10.1 Å². The zero-order valence-electron chi connectivity index (χ0n) is 14.7. The number of anilines is 1. The summed E-state index contributed by atoms with van der Waals surface area (Å²) in [6, 6.07) is 9.81. The number of rotatable bonds is 7. The lowest BCUT2D eigenvalue weighted by Gasteiger charge is -2.11. The molecule has 0 fully saturated rings. The second-order valence-electron chi connectivity index (χ2n) is 5.39. The number of benzene rings is 2. The normalized spacial score (nSPS) is 10.1. The summed E-state index contributed by atoms with van der Waals surface area (Å²) < 4.78 is 10.2. The first kappa shape index (κ1) is 19.5. The fourth-order valence-electron chi connectivity index (χ4n) is 2.41. The van der Waals surface area contributed by atoms with Crippen molar-refractivity contribution < 1.29 is 19.1 Å². The van der Waals surface area contributed by atoms with E-state index in [9.17, 15) is 9.59 Å². The molecule has 0 aliphatic rings. The van der Waals surface area contributed by atoms with Crippen molar-refractivity contribution in [3.63, 3.8) is 0 Å². The van der Waals surface area contributed by atoms with E-state index in [0.717, 1.165) is 5.56 Å². The highest BCUT2D eigenvalue weighted by Gasteiger charge is 2.14. The van der Waals surface area contributed by atoms with Crippen molar-refractivity contribution in [1.29, 1.82) is 0 Å². The number of allylic oxidation sites excluding steroid dienone is 1. The lowest BCUT2D eigenvalue weighted by Crippen LogP contribution is -2.13. The number of esters is 1. The largest absolute Gasteiger partial charge is 0.496 e. The topological polar surface area (TPSA) is 64.6 Å². The van der Waals surface area contributed by atoms with Crippen LogP contribution in [-0.4, -0.2) is 25.6 Å². The van der Waals surface area contributed by atoms with Crippen molar-refractivity contribution in [2.75, 3.05) is 19.0 Å². The maximum Gasteiger partial charge on any atom is 0.339 e. The minimum Gasteiger partial charge on any atom is -0.496 e. The summed E-state index contributed by atoms with van der Waals surface area (Å²) in [7, 11) is 1.58. The molecule has 0 aliphatic carbocycles. The summed E-state index contributed by atoms with van der Waals surface area (Å²) in [5.74, 6) is -0.0965. The minimum absolute atomic E-state index is 0.211. The SMILES string of the molecule is C=CCc1cc(C(=O)Nc2ccc(C(=O)OCC)c(Cl)c2)ccc1OC. The molecule has 26 heavy (non-hydrogen) atoms. The quantitative estimate of drug-likeness (QED) is 0.573. The van der Waals surface area contributed by atoms with Crippen molar-refractivity contribution in [1.82, 2.24) is 0 Å². The molecule has 1 N–H and O–H groups in total. The van der Waals surface area contributed by atoms with E-state index < -0.39 is 5.97 Å². The Labute approximate surface area is 157 Å². The Hall–Kier alpha value is -2.79. The van der Waals surface area contributed by atoms with Gasteiger partial charge in [-0.3, -0.25) is 4.79 Å². The van der Waals surface area contributed by atoms with Crippen LogP contribution in [-0.2, 0) is 11.2 Å². The zero-order chi connectivity index (χ0) is 19.1. The van der Waals surface area contributed by atoms with E-state index in [0.29, 0.717) is 23.4 Å². The maximum absolute atomic E-state index is 12.5. The van der Waals surface area contributed by atoms with Gasteiger partial charge in [-0.1, -0.05) is 17.7 Å². The van der Waals surface area contributed by atoms with Gasteiger partial charge in [0.2, 0.25) is 0 Å². The molecule has 0 saturated heterocycles. The van der Waals surface area contributed by atoms with Gasteiger partial charge in [0.05, 0.1) is 24.3 Å². The van der Waals surface area contributed by atoms with Crippen molar-refractivity contribution >= 4 is 29.2 Å². The number of methoxy groups -OCH3 is 1. The lowest BCUT2D eigenvalue weighted by molar-refractivity contribution is 0.0526. The van der Waals surface area contributed by atoms with Gasteiger partial charge in [-0.15, -0.1) is 6.58 Å². The van der Waals surface area contributed by atoms with E-state index in [1.807, 2.05) is 0 Å². The molecule has 0 heterocycles. The third-order valence-corrected chi connectivity index (χ3v) is 3.94. The monoisotopic (exact) mass is 373 g/mol. The van der Waals surface area contributed by atoms with Gasteiger partial charge in [0, 0.05) is 11.3 Å². The molecule has 0 unspecified atom stereocenters. The summed E-state index contributed by atoms with van der Waals surface area (Å²) in [5.41, 5.74) is 2.08. The van der Waals surface area contributed by atoms with Gasteiger partial charge in [0.15, 0.2) is 0 Å². The van der Waals surface area contributed by atoms with Gasteiger partial charge >= 0.3 is 5.97 Å². The highest BCUT2D eigenvalue weighted by molar-refractivity contribution is 6.34. The zero-order valence-corrected chi connectivity index (χ0v) is 15.4. The Morgan fingerprint density at radius 3 is 2.62 bits per heavy atom. The third kappa shape index (κ3) is 4.64. The highest BCUT2D eigenvalue weighted by atomic mass is 35.5. The second-order valence-corrected chi connectivity index (χ2v) is 5.80. The van der Waals surface area contributed by atoms with E-state index in [1.54, 1.807) is 44.4 Å². The van der Waals surface area contributed by atoms with Crippen LogP contribution in [0.2, 0.25) is 5.02 Å². The van der Waals surface area contributed by atoms with Gasteiger partial charge in [-0.2, -0.15) is 0 Å². The van der Waals surface area contributed by atoms with Crippen LogP contribution in [0.25, 0.3) is 0 Å². The lowest BCUT2D eigenvalue weighted by atomic mass is 10.1. The summed E-state index contributed by atoms with van der Waals surface area (Å²) >= 11 is 6.12. The van der Waals surface area contributed by atoms with E-state index in [2.05, 4.69) is 11.9 Å². The molecule has 5 nitrogen and oxygen atoms in total. The molecule has 2 aromatic carbocycles. The molecule has 6 heteroatoms. The number of carbonyl (C=O) groups is 2. The fraction of sp³-hybridized carbons (Fsp3) is 0.200. The number of nitrogens with one attached hydrogen (secondary N) is 1. The van der Waals surface area contributed by atoms with Gasteiger partial charge in [0.1, 0.15) is 5.75 Å². The Kier molecular flexibility index (Phi) is 6.81. The smallest absolute Gasteiger partial charge is 0.339 e. The van der Waals surface area contributed by atoms with E-state index >= 15 is 0 Å². The van der Waals surface area contributed by atoms with E-state index in [4.69, 9.17) is 21.1 Å². The molecule has 0 aromatic heterocycles. The molecule has 0 saturated carbocycles. The van der Waals surface area contributed by atoms with Crippen LogP contribution in [0.5, 0.6) is 5.75 Å². The summed E-state index contributed by atoms with van der Waals surface area (Å²) in [6.45, 7) is 5.69. The van der Waals surface area contributed by atoms with Crippen LogP contribution in [0, 0.1) is 0 Å².